The second-order valence-corrected chi connectivity index (χ2v) is 5.40. The van der Waals surface area contributed by atoms with Crippen molar-refractivity contribution in [1.29, 1.82) is 5.26 Å². The van der Waals surface area contributed by atoms with Crippen LogP contribution in [0.5, 0.6) is 0 Å². The van der Waals surface area contributed by atoms with Gasteiger partial charge in [-0.05, 0) is 59.8 Å². The van der Waals surface area contributed by atoms with Crippen LogP contribution >= 0.6 is 0 Å². The van der Waals surface area contributed by atoms with E-state index in [1.165, 1.54) is 23.3 Å². The SMILES string of the molecule is CCNC1CCc2cc(-c3cc(F)cc(C#N)c3)ccc21. The van der Waals surface area contributed by atoms with Crippen molar-refractivity contribution in [3.05, 3.63) is 58.9 Å². The summed E-state index contributed by atoms with van der Waals surface area (Å²) in [6, 6.07) is 13.2. The average molecular weight is 280 g/mol. The fraction of sp³-hybridized carbons (Fsp3) is 0.278. The summed E-state index contributed by atoms with van der Waals surface area (Å²) in [5.41, 5.74) is 4.76. The summed E-state index contributed by atoms with van der Waals surface area (Å²) in [7, 11) is 0. The molecule has 0 aromatic heterocycles. The highest BCUT2D eigenvalue weighted by Crippen LogP contribution is 2.34. The van der Waals surface area contributed by atoms with Gasteiger partial charge in [-0.15, -0.1) is 0 Å². The summed E-state index contributed by atoms with van der Waals surface area (Å²) < 4.78 is 13.6. The Hall–Kier alpha value is -2.18. The van der Waals surface area contributed by atoms with E-state index in [4.69, 9.17) is 5.26 Å². The van der Waals surface area contributed by atoms with Gasteiger partial charge in [0.15, 0.2) is 0 Å². The maximum absolute atomic E-state index is 13.6. The molecule has 0 heterocycles. The molecule has 1 unspecified atom stereocenters. The molecule has 0 saturated heterocycles. The number of nitriles is 1. The fourth-order valence-corrected chi connectivity index (χ4v) is 3.08. The van der Waals surface area contributed by atoms with Crippen LogP contribution in [-0.2, 0) is 6.42 Å². The lowest BCUT2D eigenvalue weighted by Gasteiger charge is -2.13. The number of hydrogen-bond acceptors (Lipinski definition) is 2. The lowest BCUT2D eigenvalue weighted by atomic mass is 9.98. The van der Waals surface area contributed by atoms with Crippen molar-refractivity contribution in [2.24, 2.45) is 0 Å². The van der Waals surface area contributed by atoms with Gasteiger partial charge >= 0.3 is 0 Å². The quantitative estimate of drug-likeness (QED) is 0.923. The number of nitrogens with zero attached hydrogens (tertiary/aromatic N) is 1. The summed E-state index contributed by atoms with van der Waals surface area (Å²) in [5, 5.41) is 12.4. The van der Waals surface area contributed by atoms with Crippen molar-refractivity contribution in [3.8, 4) is 17.2 Å². The minimum Gasteiger partial charge on any atom is -0.310 e. The van der Waals surface area contributed by atoms with E-state index in [2.05, 4.69) is 24.4 Å². The van der Waals surface area contributed by atoms with Gasteiger partial charge in [0, 0.05) is 6.04 Å². The largest absolute Gasteiger partial charge is 0.310 e. The van der Waals surface area contributed by atoms with E-state index in [9.17, 15) is 4.39 Å². The molecule has 1 N–H and O–H groups in total. The molecule has 106 valence electrons. The molecule has 0 bridgehead atoms. The molecular formula is C18H17FN2. The van der Waals surface area contributed by atoms with Gasteiger partial charge in [-0.1, -0.05) is 25.1 Å². The topological polar surface area (TPSA) is 35.8 Å². The van der Waals surface area contributed by atoms with Gasteiger partial charge < -0.3 is 5.32 Å². The lowest BCUT2D eigenvalue weighted by Crippen LogP contribution is -2.18. The van der Waals surface area contributed by atoms with Crippen LogP contribution in [-0.4, -0.2) is 6.54 Å². The van der Waals surface area contributed by atoms with Crippen molar-refractivity contribution in [2.75, 3.05) is 6.54 Å². The van der Waals surface area contributed by atoms with Gasteiger partial charge in [-0.25, -0.2) is 4.39 Å². The minimum absolute atomic E-state index is 0.357. The Bertz CT molecular complexity index is 716. The Morgan fingerprint density at radius 1 is 1.24 bits per heavy atom. The summed E-state index contributed by atoms with van der Waals surface area (Å²) >= 11 is 0. The van der Waals surface area contributed by atoms with E-state index in [1.54, 1.807) is 6.07 Å². The van der Waals surface area contributed by atoms with E-state index in [-0.39, 0.29) is 5.82 Å². The van der Waals surface area contributed by atoms with Crippen LogP contribution in [0.3, 0.4) is 0 Å². The summed E-state index contributed by atoms with van der Waals surface area (Å²) in [4.78, 5) is 0. The van der Waals surface area contributed by atoms with Gasteiger partial charge in [0.05, 0.1) is 11.6 Å². The van der Waals surface area contributed by atoms with Crippen LogP contribution in [0.15, 0.2) is 36.4 Å². The van der Waals surface area contributed by atoms with Gasteiger partial charge in [0.2, 0.25) is 0 Å². The Labute approximate surface area is 124 Å². The summed E-state index contributed by atoms with van der Waals surface area (Å²) in [5.74, 6) is -0.366. The molecule has 1 atom stereocenters. The fourth-order valence-electron chi connectivity index (χ4n) is 3.08. The maximum atomic E-state index is 13.6. The van der Waals surface area contributed by atoms with E-state index >= 15 is 0 Å². The zero-order valence-electron chi connectivity index (χ0n) is 12.0. The number of rotatable bonds is 3. The molecule has 1 aliphatic rings. The van der Waals surface area contributed by atoms with Crippen molar-refractivity contribution in [2.45, 2.75) is 25.8 Å². The first kappa shape index (κ1) is 13.8. The second-order valence-electron chi connectivity index (χ2n) is 5.40. The Morgan fingerprint density at radius 3 is 2.86 bits per heavy atom. The van der Waals surface area contributed by atoms with Crippen LogP contribution in [0.4, 0.5) is 4.39 Å². The Morgan fingerprint density at radius 2 is 2.10 bits per heavy atom. The zero-order valence-corrected chi connectivity index (χ0v) is 12.0. The molecule has 3 heteroatoms. The first-order valence-electron chi connectivity index (χ1n) is 7.28. The smallest absolute Gasteiger partial charge is 0.125 e. The standard InChI is InChI=1S/C18H17FN2/c1-2-21-18-6-4-14-9-13(3-5-17(14)18)15-7-12(11-20)8-16(19)10-15/h3,5,7-10,18,21H,2,4,6H2,1H3. The van der Waals surface area contributed by atoms with E-state index in [0.717, 1.165) is 30.5 Å². The summed E-state index contributed by atoms with van der Waals surface area (Å²) in [6.45, 7) is 3.07. The predicted octanol–water partition coefficient (Wildman–Crippen LogP) is 3.96. The molecule has 0 aliphatic heterocycles. The maximum Gasteiger partial charge on any atom is 0.125 e. The highest BCUT2D eigenvalue weighted by atomic mass is 19.1. The average Bonchev–Trinajstić information content (AvgIpc) is 2.89. The molecule has 0 amide bonds. The van der Waals surface area contributed by atoms with Crippen LogP contribution < -0.4 is 5.32 Å². The molecule has 2 aromatic carbocycles. The molecule has 21 heavy (non-hydrogen) atoms. The molecule has 0 spiro atoms. The Kier molecular flexibility index (Phi) is 3.72. The monoisotopic (exact) mass is 280 g/mol. The van der Waals surface area contributed by atoms with Gasteiger partial charge in [0.1, 0.15) is 5.82 Å². The molecule has 1 aliphatic carbocycles. The number of hydrogen-bond donors (Lipinski definition) is 1. The van der Waals surface area contributed by atoms with Crippen molar-refractivity contribution in [1.82, 2.24) is 5.32 Å². The van der Waals surface area contributed by atoms with Crippen molar-refractivity contribution >= 4 is 0 Å². The normalized spacial score (nSPS) is 16.5. The molecule has 3 rings (SSSR count). The number of fused-ring (bicyclic) bond motifs is 1. The molecule has 0 saturated carbocycles. The van der Waals surface area contributed by atoms with Gasteiger partial charge in [0.25, 0.3) is 0 Å². The number of nitrogens with one attached hydrogen (secondary N) is 1. The Balaban J connectivity index is 1.99. The summed E-state index contributed by atoms with van der Waals surface area (Å²) in [6.07, 6.45) is 2.15. The third-order valence-corrected chi connectivity index (χ3v) is 4.03. The highest BCUT2D eigenvalue weighted by Gasteiger charge is 2.21. The molecule has 0 radical (unpaired) electrons. The van der Waals surface area contributed by atoms with Crippen molar-refractivity contribution < 1.29 is 4.39 Å². The van der Waals surface area contributed by atoms with Crippen LogP contribution in [0.25, 0.3) is 11.1 Å². The van der Waals surface area contributed by atoms with Crippen LogP contribution in [0.2, 0.25) is 0 Å². The zero-order chi connectivity index (χ0) is 14.8. The first-order chi connectivity index (χ1) is 10.2. The molecule has 2 aromatic rings. The van der Waals surface area contributed by atoms with E-state index < -0.39 is 0 Å². The van der Waals surface area contributed by atoms with Crippen molar-refractivity contribution in [3.63, 3.8) is 0 Å². The number of aryl methyl sites for hydroxylation is 1. The molecule has 0 fully saturated rings. The first-order valence-corrected chi connectivity index (χ1v) is 7.28. The third kappa shape index (κ3) is 2.68. The molecular weight excluding hydrogens is 263 g/mol. The molecule has 2 nitrogen and oxygen atoms in total. The third-order valence-electron chi connectivity index (χ3n) is 4.03. The number of halogens is 1. The van der Waals surface area contributed by atoms with Crippen LogP contribution in [0, 0.1) is 17.1 Å². The minimum atomic E-state index is -0.366. The van der Waals surface area contributed by atoms with Gasteiger partial charge in [-0.3, -0.25) is 0 Å². The van der Waals surface area contributed by atoms with E-state index in [0.29, 0.717) is 11.6 Å². The van der Waals surface area contributed by atoms with Crippen LogP contribution in [0.1, 0.15) is 36.1 Å². The second kappa shape index (κ2) is 5.67. The number of benzene rings is 2. The van der Waals surface area contributed by atoms with Gasteiger partial charge in [-0.2, -0.15) is 5.26 Å². The highest BCUT2D eigenvalue weighted by molar-refractivity contribution is 5.67. The lowest BCUT2D eigenvalue weighted by molar-refractivity contribution is 0.549. The predicted molar refractivity (Wildman–Crippen MR) is 81.3 cm³/mol. The van der Waals surface area contributed by atoms with E-state index in [1.807, 2.05) is 12.1 Å².